The summed E-state index contributed by atoms with van der Waals surface area (Å²) < 4.78 is 0. The molecule has 0 radical (unpaired) electrons. The van der Waals surface area contributed by atoms with Gasteiger partial charge in [-0.1, -0.05) is 38.3 Å². The molecule has 1 aliphatic rings. The molecule has 1 fully saturated rings. The lowest BCUT2D eigenvalue weighted by Crippen LogP contribution is -2.39. The summed E-state index contributed by atoms with van der Waals surface area (Å²) in [4.78, 5) is 6.46. The molecule has 1 saturated heterocycles. The first kappa shape index (κ1) is 12.7. The first-order chi connectivity index (χ1) is 8.19. The number of anilines is 1. The molecule has 0 aromatic carbocycles. The lowest BCUT2D eigenvalue weighted by Gasteiger charge is -2.42. The molecule has 0 bridgehead atoms. The normalized spacial score (nSPS) is 19.4. The van der Waals surface area contributed by atoms with Crippen molar-refractivity contribution in [3.8, 4) is 0 Å². The van der Waals surface area contributed by atoms with E-state index in [2.05, 4.69) is 29.8 Å². The predicted octanol–water partition coefficient (Wildman–Crippen LogP) is 4.14. The van der Waals surface area contributed by atoms with Crippen molar-refractivity contribution in [3.05, 3.63) is 23.5 Å². The van der Waals surface area contributed by atoms with Gasteiger partial charge in [-0.05, 0) is 30.4 Å². The van der Waals surface area contributed by atoms with Gasteiger partial charge in [0.05, 0.1) is 0 Å². The number of pyridine rings is 1. The molecule has 94 valence electrons. The Kier molecular flexibility index (Phi) is 3.93. The van der Waals surface area contributed by atoms with Crippen molar-refractivity contribution >= 4 is 17.3 Å². The second-order valence-electron chi connectivity index (χ2n) is 5.03. The summed E-state index contributed by atoms with van der Waals surface area (Å²) in [6, 6.07) is 4.02. The van der Waals surface area contributed by atoms with Crippen molar-refractivity contribution in [2.24, 2.45) is 5.41 Å². The largest absolute Gasteiger partial charge is 0.371 e. The maximum Gasteiger partial charge on any atom is 0.131 e. The van der Waals surface area contributed by atoms with E-state index in [0.29, 0.717) is 10.6 Å². The lowest BCUT2D eigenvalue weighted by atomic mass is 9.74. The van der Waals surface area contributed by atoms with Crippen LogP contribution in [0.1, 0.15) is 39.5 Å². The Balaban J connectivity index is 2.04. The van der Waals surface area contributed by atoms with Crippen LogP contribution in [0.25, 0.3) is 0 Å². The minimum atomic E-state index is 0.577. The van der Waals surface area contributed by atoms with Crippen molar-refractivity contribution in [1.29, 1.82) is 0 Å². The van der Waals surface area contributed by atoms with Gasteiger partial charge < -0.3 is 4.90 Å². The fourth-order valence-electron chi connectivity index (χ4n) is 2.79. The minimum absolute atomic E-state index is 0.577. The van der Waals surface area contributed by atoms with E-state index in [4.69, 9.17) is 11.6 Å². The fourth-order valence-corrected chi connectivity index (χ4v) is 2.95. The third-order valence-electron chi connectivity index (χ3n) is 4.40. The molecule has 0 amide bonds. The number of halogens is 1. The lowest BCUT2D eigenvalue weighted by molar-refractivity contribution is 0.199. The Morgan fingerprint density at radius 2 is 1.94 bits per heavy atom. The second kappa shape index (κ2) is 5.26. The molecule has 0 spiro atoms. The minimum Gasteiger partial charge on any atom is -0.371 e. The molecule has 0 saturated carbocycles. The number of hydrogen-bond donors (Lipinski definition) is 0. The van der Waals surface area contributed by atoms with Gasteiger partial charge in [0.25, 0.3) is 0 Å². The molecule has 1 aromatic rings. The van der Waals surface area contributed by atoms with E-state index in [9.17, 15) is 0 Å². The summed E-state index contributed by atoms with van der Waals surface area (Å²) in [5.74, 6) is 0. The molecular formula is C14H21ClN2. The van der Waals surface area contributed by atoms with Crippen LogP contribution in [0.3, 0.4) is 0 Å². The molecule has 2 rings (SSSR count). The third kappa shape index (κ3) is 2.74. The van der Waals surface area contributed by atoms with Crippen LogP contribution < -0.4 is 4.90 Å². The van der Waals surface area contributed by atoms with Gasteiger partial charge in [-0.25, -0.2) is 4.98 Å². The Labute approximate surface area is 109 Å². The monoisotopic (exact) mass is 252 g/mol. The first-order valence-corrected chi connectivity index (χ1v) is 6.93. The summed E-state index contributed by atoms with van der Waals surface area (Å²) in [6.45, 7) is 6.93. The van der Waals surface area contributed by atoms with E-state index in [-0.39, 0.29) is 0 Å². The topological polar surface area (TPSA) is 16.1 Å². The van der Waals surface area contributed by atoms with Gasteiger partial charge in [-0.3, -0.25) is 0 Å². The van der Waals surface area contributed by atoms with Gasteiger partial charge in [-0.15, -0.1) is 0 Å². The number of hydrogen-bond acceptors (Lipinski definition) is 2. The molecule has 2 heterocycles. The van der Waals surface area contributed by atoms with E-state index in [1.165, 1.54) is 31.4 Å². The Morgan fingerprint density at radius 1 is 1.29 bits per heavy atom. The Hall–Kier alpha value is -0.760. The maximum atomic E-state index is 5.94. The Bertz CT molecular complexity index is 364. The highest BCUT2D eigenvalue weighted by atomic mass is 35.5. The summed E-state index contributed by atoms with van der Waals surface area (Å²) >= 11 is 5.94. The smallest absolute Gasteiger partial charge is 0.131 e. The zero-order valence-electron chi connectivity index (χ0n) is 10.7. The average molecular weight is 253 g/mol. The first-order valence-electron chi connectivity index (χ1n) is 6.55. The highest BCUT2D eigenvalue weighted by molar-refractivity contribution is 6.29. The van der Waals surface area contributed by atoms with Crippen LogP contribution >= 0.6 is 11.6 Å². The van der Waals surface area contributed by atoms with Gasteiger partial charge in [0.15, 0.2) is 0 Å². The third-order valence-corrected chi connectivity index (χ3v) is 4.61. The molecule has 1 aromatic heterocycles. The van der Waals surface area contributed by atoms with Crippen molar-refractivity contribution in [2.45, 2.75) is 39.5 Å². The van der Waals surface area contributed by atoms with Gasteiger partial charge in [0.2, 0.25) is 0 Å². The van der Waals surface area contributed by atoms with Crippen molar-refractivity contribution < 1.29 is 0 Å². The van der Waals surface area contributed by atoms with Gasteiger partial charge in [-0.2, -0.15) is 0 Å². The molecule has 0 N–H and O–H groups in total. The summed E-state index contributed by atoms with van der Waals surface area (Å²) in [5.41, 5.74) is 1.79. The van der Waals surface area contributed by atoms with E-state index < -0.39 is 0 Å². The van der Waals surface area contributed by atoms with Gasteiger partial charge in [0, 0.05) is 25.0 Å². The van der Waals surface area contributed by atoms with E-state index >= 15 is 0 Å². The number of piperidine rings is 1. The predicted molar refractivity (Wildman–Crippen MR) is 73.7 cm³/mol. The summed E-state index contributed by atoms with van der Waals surface area (Å²) in [5, 5.41) is 0.588. The molecular weight excluding hydrogens is 232 g/mol. The van der Waals surface area contributed by atoms with Crippen molar-refractivity contribution in [1.82, 2.24) is 4.98 Å². The van der Waals surface area contributed by atoms with Crippen LogP contribution in [0.4, 0.5) is 5.69 Å². The average Bonchev–Trinajstić information content (AvgIpc) is 2.39. The number of aromatic nitrogens is 1. The SMILES string of the molecule is CCC1(CC)CCN(c2ccnc(Cl)c2)CC1. The molecule has 1 aliphatic heterocycles. The van der Waals surface area contributed by atoms with Crippen LogP contribution in [0.5, 0.6) is 0 Å². The maximum absolute atomic E-state index is 5.94. The molecule has 0 atom stereocenters. The van der Waals surface area contributed by atoms with Crippen molar-refractivity contribution in [2.75, 3.05) is 18.0 Å². The number of nitrogens with zero attached hydrogens (tertiary/aromatic N) is 2. The second-order valence-corrected chi connectivity index (χ2v) is 5.42. The van der Waals surface area contributed by atoms with Crippen LogP contribution in [0, 0.1) is 5.41 Å². The summed E-state index contributed by atoms with van der Waals surface area (Å²) in [7, 11) is 0. The standard InChI is InChI=1S/C14H21ClN2/c1-3-14(4-2)6-9-17(10-7-14)12-5-8-16-13(15)11-12/h5,8,11H,3-4,6-7,9-10H2,1-2H3. The van der Waals surface area contributed by atoms with E-state index in [1.54, 1.807) is 6.20 Å². The van der Waals surface area contributed by atoms with Crippen molar-refractivity contribution in [3.63, 3.8) is 0 Å². The van der Waals surface area contributed by atoms with Crippen LogP contribution in [0.2, 0.25) is 5.15 Å². The number of rotatable bonds is 3. The fraction of sp³-hybridized carbons (Fsp3) is 0.643. The van der Waals surface area contributed by atoms with Gasteiger partial charge in [0.1, 0.15) is 5.15 Å². The zero-order chi connectivity index (χ0) is 12.3. The molecule has 3 heteroatoms. The quantitative estimate of drug-likeness (QED) is 0.752. The highest BCUT2D eigenvalue weighted by Gasteiger charge is 2.31. The van der Waals surface area contributed by atoms with Crippen LogP contribution in [-0.2, 0) is 0 Å². The molecule has 0 unspecified atom stereocenters. The molecule has 2 nitrogen and oxygen atoms in total. The summed E-state index contributed by atoms with van der Waals surface area (Å²) in [6.07, 6.45) is 6.97. The van der Waals surface area contributed by atoms with Crippen LogP contribution in [0.15, 0.2) is 18.3 Å². The highest BCUT2D eigenvalue weighted by Crippen LogP contribution is 2.39. The van der Waals surface area contributed by atoms with E-state index in [1.807, 2.05) is 6.07 Å². The Morgan fingerprint density at radius 3 is 2.47 bits per heavy atom. The molecule has 0 aliphatic carbocycles. The van der Waals surface area contributed by atoms with E-state index in [0.717, 1.165) is 13.1 Å². The zero-order valence-corrected chi connectivity index (χ0v) is 11.5. The van der Waals surface area contributed by atoms with Gasteiger partial charge >= 0.3 is 0 Å². The molecule has 17 heavy (non-hydrogen) atoms. The van der Waals surface area contributed by atoms with Crippen LogP contribution in [-0.4, -0.2) is 18.1 Å².